The molecular formula is C11H12INO. The van der Waals surface area contributed by atoms with Crippen molar-refractivity contribution in [2.24, 2.45) is 5.92 Å². The summed E-state index contributed by atoms with van der Waals surface area (Å²) in [7, 11) is 0. The van der Waals surface area contributed by atoms with Gasteiger partial charge in [-0.1, -0.05) is 6.07 Å². The second-order valence-corrected chi connectivity index (χ2v) is 4.97. The highest BCUT2D eigenvalue weighted by Gasteiger charge is 2.29. The van der Waals surface area contributed by atoms with Gasteiger partial charge in [-0.25, -0.2) is 0 Å². The molecule has 1 N–H and O–H groups in total. The van der Waals surface area contributed by atoms with E-state index in [4.69, 9.17) is 0 Å². The molecule has 0 aromatic heterocycles. The lowest BCUT2D eigenvalue weighted by Gasteiger charge is -2.07. The lowest BCUT2D eigenvalue weighted by molar-refractivity contribution is -0.117. The number of aryl methyl sites for hydroxylation is 1. The molecule has 0 aliphatic heterocycles. The van der Waals surface area contributed by atoms with Crippen LogP contribution in [0, 0.1) is 16.4 Å². The fourth-order valence-electron chi connectivity index (χ4n) is 1.31. The summed E-state index contributed by atoms with van der Waals surface area (Å²) in [6.07, 6.45) is 2.10. The molecule has 1 aromatic rings. The van der Waals surface area contributed by atoms with E-state index < -0.39 is 0 Å². The van der Waals surface area contributed by atoms with Gasteiger partial charge in [0, 0.05) is 15.2 Å². The molecule has 0 bridgehead atoms. The van der Waals surface area contributed by atoms with Crippen LogP contribution in [0.25, 0.3) is 0 Å². The van der Waals surface area contributed by atoms with E-state index in [1.54, 1.807) is 0 Å². The van der Waals surface area contributed by atoms with Crippen molar-refractivity contribution < 1.29 is 4.79 Å². The summed E-state index contributed by atoms with van der Waals surface area (Å²) in [5, 5.41) is 2.97. The molecule has 1 amide bonds. The van der Waals surface area contributed by atoms with Crippen LogP contribution >= 0.6 is 22.6 Å². The first-order valence-corrected chi connectivity index (χ1v) is 5.82. The number of rotatable bonds is 2. The normalized spacial score (nSPS) is 15.3. The number of carbonyl (C=O) groups excluding carboxylic acids is 1. The van der Waals surface area contributed by atoms with Crippen molar-refractivity contribution in [3.63, 3.8) is 0 Å². The molecule has 0 radical (unpaired) electrons. The van der Waals surface area contributed by atoms with Crippen LogP contribution in [0.2, 0.25) is 0 Å². The van der Waals surface area contributed by atoms with Crippen molar-refractivity contribution in [1.82, 2.24) is 0 Å². The summed E-state index contributed by atoms with van der Waals surface area (Å²) in [4.78, 5) is 11.5. The molecule has 0 unspecified atom stereocenters. The van der Waals surface area contributed by atoms with Crippen LogP contribution in [0.3, 0.4) is 0 Å². The summed E-state index contributed by atoms with van der Waals surface area (Å²) in [6, 6.07) is 6.09. The molecule has 1 fully saturated rings. The van der Waals surface area contributed by atoms with Crippen LogP contribution in [-0.4, -0.2) is 5.91 Å². The Morgan fingerprint density at radius 2 is 2.21 bits per heavy atom. The second-order valence-electron chi connectivity index (χ2n) is 3.72. The molecule has 2 rings (SSSR count). The molecule has 1 aromatic carbocycles. The van der Waals surface area contributed by atoms with Gasteiger partial charge in [-0.3, -0.25) is 4.79 Å². The maximum absolute atomic E-state index is 11.5. The maximum atomic E-state index is 11.5. The lowest BCUT2D eigenvalue weighted by Crippen LogP contribution is -2.14. The Labute approximate surface area is 97.2 Å². The van der Waals surface area contributed by atoms with Gasteiger partial charge in [-0.05, 0) is 60.1 Å². The predicted octanol–water partition coefficient (Wildman–Crippen LogP) is 2.95. The van der Waals surface area contributed by atoms with Gasteiger partial charge in [0.15, 0.2) is 0 Å². The number of hydrogen-bond acceptors (Lipinski definition) is 1. The highest BCUT2D eigenvalue weighted by molar-refractivity contribution is 14.1. The van der Waals surface area contributed by atoms with Gasteiger partial charge in [0.2, 0.25) is 5.91 Å². The minimum Gasteiger partial charge on any atom is -0.326 e. The van der Waals surface area contributed by atoms with Crippen molar-refractivity contribution in [3.8, 4) is 0 Å². The summed E-state index contributed by atoms with van der Waals surface area (Å²) >= 11 is 2.25. The van der Waals surface area contributed by atoms with Crippen molar-refractivity contribution in [3.05, 3.63) is 27.3 Å². The van der Waals surface area contributed by atoms with E-state index in [9.17, 15) is 4.79 Å². The van der Waals surface area contributed by atoms with Crippen LogP contribution in [0.1, 0.15) is 18.4 Å². The topological polar surface area (TPSA) is 29.1 Å². The van der Waals surface area contributed by atoms with E-state index in [0.717, 1.165) is 27.7 Å². The standard InChI is InChI=1S/C11H12INO/c1-7-2-5-9(12)6-10(7)13-11(14)8-3-4-8/h2,5-6,8H,3-4H2,1H3,(H,13,14). The largest absolute Gasteiger partial charge is 0.326 e. The van der Waals surface area contributed by atoms with Gasteiger partial charge >= 0.3 is 0 Å². The third kappa shape index (κ3) is 2.26. The number of benzene rings is 1. The van der Waals surface area contributed by atoms with Crippen LogP contribution in [0.5, 0.6) is 0 Å². The van der Waals surface area contributed by atoms with Crippen LogP contribution in [-0.2, 0) is 4.79 Å². The van der Waals surface area contributed by atoms with Crippen LogP contribution < -0.4 is 5.32 Å². The van der Waals surface area contributed by atoms with E-state index in [0.29, 0.717) is 0 Å². The first kappa shape index (κ1) is 9.96. The summed E-state index contributed by atoms with van der Waals surface area (Å²) in [5.41, 5.74) is 2.08. The van der Waals surface area contributed by atoms with E-state index in [1.165, 1.54) is 0 Å². The Balaban J connectivity index is 2.14. The highest BCUT2D eigenvalue weighted by Crippen LogP contribution is 2.30. The quantitative estimate of drug-likeness (QED) is 0.836. The van der Waals surface area contributed by atoms with Crippen molar-refractivity contribution in [2.45, 2.75) is 19.8 Å². The lowest BCUT2D eigenvalue weighted by atomic mass is 10.2. The van der Waals surface area contributed by atoms with E-state index in [1.807, 2.05) is 25.1 Å². The SMILES string of the molecule is Cc1ccc(I)cc1NC(=O)C1CC1. The minimum atomic E-state index is 0.176. The third-order valence-electron chi connectivity index (χ3n) is 2.41. The second kappa shape index (κ2) is 3.88. The zero-order valence-electron chi connectivity index (χ0n) is 8.01. The average molecular weight is 301 g/mol. The zero-order valence-corrected chi connectivity index (χ0v) is 10.2. The van der Waals surface area contributed by atoms with Gasteiger partial charge in [0.05, 0.1) is 0 Å². The summed E-state index contributed by atoms with van der Waals surface area (Å²) in [6.45, 7) is 2.01. The molecule has 0 heterocycles. The molecule has 1 saturated carbocycles. The third-order valence-corrected chi connectivity index (χ3v) is 3.08. The average Bonchev–Trinajstić information content (AvgIpc) is 2.94. The van der Waals surface area contributed by atoms with Crippen molar-refractivity contribution in [1.29, 1.82) is 0 Å². The Kier molecular flexibility index (Phi) is 2.76. The summed E-state index contributed by atoms with van der Waals surface area (Å²) < 4.78 is 1.15. The molecule has 1 aliphatic carbocycles. The number of anilines is 1. The monoisotopic (exact) mass is 301 g/mol. The predicted molar refractivity (Wildman–Crippen MR) is 65.2 cm³/mol. The van der Waals surface area contributed by atoms with Crippen molar-refractivity contribution >= 4 is 34.2 Å². The molecule has 0 spiro atoms. The van der Waals surface area contributed by atoms with Crippen molar-refractivity contribution in [2.75, 3.05) is 5.32 Å². The number of amides is 1. The molecule has 74 valence electrons. The van der Waals surface area contributed by atoms with E-state index in [-0.39, 0.29) is 11.8 Å². The Morgan fingerprint density at radius 3 is 2.86 bits per heavy atom. The summed E-state index contributed by atoms with van der Waals surface area (Å²) in [5.74, 6) is 0.447. The van der Waals surface area contributed by atoms with E-state index >= 15 is 0 Å². The Hall–Kier alpha value is -0.580. The fourth-order valence-corrected chi connectivity index (χ4v) is 1.80. The molecule has 1 aliphatic rings. The Morgan fingerprint density at radius 1 is 1.50 bits per heavy atom. The van der Waals surface area contributed by atoms with Gasteiger partial charge in [0.1, 0.15) is 0 Å². The molecule has 2 nitrogen and oxygen atoms in total. The van der Waals surface area contributed by atoms with E-state index in [2.05, 4.69) is 27.9 Å². The van der Waals surface area contributed by atoms with Gasteiger partial charge < -0.3 is 5.32 Å². The molecule has 0 atom stereocenters. The number of nitrogens with one attached hydrogen (secondary N) is 1. The molecule has 14 heavy (non-hydrogen) atoms. The van der Waals surface area contributed by atoms with Gasteiger partial charge in [-0.15, -0.1) is 0 Å². The fraction of sp³-hybridized carbons (Fsp3) is 0.364. The zero-order chi connectivity index (χ0) is 10.1. The number of hydrogen-bond donors (Lipinski definition) is 1. The first-order chi connectivity index (χ1) is 6.66. The van der Waals surface area contributed by atoms with Crippen LogP contribution in [0.15, 0.2) is 18.2 Å². The smallest absolute Gasteiger partial charge is 0.227 e. The minimum absolute atomic E-state index is 0.176. The molecular weight excluding hydrogens is 289 g/mol. The highest BCUT2D eigenvalue weighted by atomic mass is 127. The Bertz CT molecular complexity index is 372. The van der Waals surface area contributed by atoms with Crippen LogP contribution in [0.4, 0.5) is 5.69 Å². The van der Waals surface area contributed by atoms with Gasteiger partial charge in [-0.2, -0.15) is 0 Å². The molecule has 0 saturated heterocycles. The number of carbonyl (C=O) groups is 1. The number of halogens is 1. The first-order valence-electron chi connectivity index (χ1n) is 4.74. The molecule has 3 heteroatoms. The van der Waals surface area contributed by atoms with Gasteiger partial charge in [0.25, 0.3) is 0 Å². The maximum Gasteiger partial charge on any atom is 0.227 e.